The summed E-state index contributed by atoms with van der Waals surface area (Å²) in [6.07, 6.45) is 0.907. The van der Waals surface area contributed by atoms with Crippen molar-refractivity contribution in [1.82, 2.24) is 4.90 Å². The van der Waals surface area contributed by atoms with Gasteiger partial charge in [0.2, 0.25) is 0 Å². The zero-order valence-electron chi connectivity index (χ0n) is 12.0. The Balaban J connectivity index is 2.75. The Bertz CT molecular complexity index is 412. The minimum Gasteiger partial charge on any atom is -0.444 e. The molecule has 1 fully saturated rings. The molecule has 1 heterocycles. The topological polar surface area (TPSA) is 72.9 Å². The number of hydrogen-bond acceptors (Lipinski definition) is 5. The molecule has 1 aliphatic rings. The van der Waals surface area contributed by atoms with Crippen LogP contribution in [0.1, 0.15) is 47.0 Å². The van der Waals surface area contributed by atoms with Gasteiger partial charge in [0.15, 0.2) is 6.23 Å². The van der Waals surface area contributed by atoms with Crippen LogP contribution in [0.4, 0.5) is 4.79 Å². The van der Waals surface area contributed by atoms with E-state index in [1.165, 1.54) is 11.8 Å². The largest absolute Gasteiger partial charge is 0.444 e. The van der Waals surface area contributed by atoms with Crippen LogP contribution in [0.2, 0.25) is 0 Å². The highest BCUT2D eigenvalue weighted by atomic mass is 32.2. The standard InChI is InChI=1S/C12H23NO5S/c1-5-19(15,16)18-10-8-6-7-9-13(10)11(14)17-12(2,3)4/h10H,5-9H2,1-4H3. The van der Waals surface area contributed by atoms with Crippen LogP contribution in [0.15, 0.2) is 0 Å². The number of carbonyl (C=O) groups excluding carboxylic acids is 1. The summed E-state index contributed by atoms with van der Waals surface area (Å²) in [4.78, 5) is 13.4. The third kappa shape index (κ3) is 5.36. The molecule has 6 nitrogen and oxygen atoms in total. The maximum Gasteiger partial charge on any atom is 0.412 e. The fraction of sp³-hybridized carbons (Fsp3) is 0.917. The lowest BCUT2D eigenvalue weighted by Gasteiger charge is -2.35. The normalized spacial score (nSPS) is 21.3. The minimum absolute atomic E-state index is 0.105. The van der Waals surface area contributed by atoms with Gasteiger partial charge in [0.05, 0.1) is 5.75 Å². The van der Waals surface area contributed by atoms with Crippen molar-refractivity contribution in [3.8, 4) is 0 Å². The zero-order chi connectivity index (χ0) is 14.7. The van der Waals surface area contributed by atoms with E-state index >= 15 is 0 Å². The van der Waals surface area contributed by atoms with E-state index in [-0.39, 0.29) is 5.75 Å². The summed E-state index contributed by atoms with van der Waals surface area (Å²) < 4.78 is 33.4. The molecule has 1 aliphatic heterocycles. The average Bonchev–Trinajstić information content (AvgIpc) is 2.27. The van der Waals surface area contributed by atoms with Crippen LogP contribution < -0.4 is 0 Å². The summed E-state index contributed by atoms with van der Waals surface area (Å²) >= 11 is 0. The molecule has 0 aromatic carbocycles. The molecule has 1 amide bonds. The number of piperidine rings is 1. The lowest BCUT2D eigenvalue weighted by Crippen LogP contribution is -2.48. The first-order valence-corrected chi connectivity index (χ1v) is 8.13. The predicted molar refractivity (Wildman–Crippen MR) is 71.1 cm³/mol. The molecule has 1 saturated heterocycles. The van der Waals surface area contributed by atoms with E-state index in [0.717, 1.165) is 12.8 Å². The molecule has 1 rings (SSSR count). The number of nitrogens with zero attached hydrogens (tertiary/aromatic N) is 1. The van der Waals surface area contributed by atoms with Gasteiger partial charge in [-0.3, -0.25) is 4.90 Å². The second kappa shape index (κ2) is 6.09. The SMILES string of the molecule is CCS(=O)(=O)OC1CCCCN1C(=O)OC(C)(C)C. The predicted octanol–water partition coefficient (Wildman–Crippen LogP) is 2.10. The van der Waals surface area contributed by atoms with E-state index in [4.69, 9.17) is 8.92 Å². The Morgan fingerprint density at radius 3 is 2.47 bits per heavy atom. The van der Waals surface area contributed by atoms with Crippen molar-refractivity contribution in [1.29, 1.82) is 0 Å². The zero-order valence-corrected chi connectivity index (χ0v) is 12.8. The van der Waals surface area contributed by atoms with Crippen molar-refractivity contribution in [3.05, 3.63) is 0 Å². The van der Waals surface area contributed by atoms with Gasteiger partial charge in [-0.1, -0.05) is 0 Å². The third-order valence-corrected chi connectivity index (χ3v) is 3.91. The lowest BCUT2D eigenvalue weighted by molar-refractivity contribution is -0.0316. The summed E-state index contributed by atoms with van der Waals surface area (Å²) in [6.45, 7) is 7.28. The Hall–Kier alpha value is -0.820. The molecule has 7 heteroatoms. The van der Waals surface area contributed by atoms with Gasteiger partial charge in [-0.25, -0.2) is 8.98 Å². The van der Waals surface area contributed by atoms with Gasteiger partial charge < -0.3 is 4.74 Å². The van der Waals surface area contributed by atoms with Crippen molar-refractivity contribution >= 4 is 16.2 Å². The third-order valence-electron chi connectivity index (χ3n) is 2.69. The molecule has 0 bridgehead atoms. The highest BCUT2D eigenvalue weighted by Crippen LogP contribution is 2.22. The summed E-state index contributed by atoms with van der Waals surface area (Å²) in [5.41, 5.74) is -0.608. The molecule has 0 N–H and O–H groups in total. The minimum atomic E-state index is -3.58. The van der Waals surface area contributed by atoms with Crippen molar-refractivity contribution < 1.29 is 22.1 Å². The first kappa shape index (κ1) is 16.2. The van der Waals surface area contributed by atoms with E-state index in [9.17, 15) is 13.2 Å². The van der Waals surface area contributed by atoms with Gasteiger partial charge >= 0.3 is 6.09 Å². The average molecular weight is 293 g/mol. The first-order chi connectivity index (χ1) is 8.64. The van der Waals surface area contributed by atoms with Crippen LogP contribution in [0.5, 0.6) is 0 Å². The number of hydrogen-bond donors (Lipinski definition) is 0. The van der Waals surface area contributed by atoms with Gasteiger partial charge in [-0.2, -0.15) is 8.42 Å². The molecule has 19 heavy (non-hydrogen) atoms. The van der Waals surface area contributed by atoms with E-state index in [1.807, 2.05) is 0 Å². The molecular weight excluding hydrogens is 270 g/mol. The van der Waals surface area contributed by atoms with Crippen LogP contribution in [-0.2, 0) is 19.0 Å². The monoisotopic (exact) mass is 293 g/mol. The molecule has 0 aromatic rings. The Kier molecular flexibility index (Phi) is 5.20. The second-order valence-electron chi connectivity index (χ2n) is 5.57. The van der Waals surface area contributed by atoms with Crippen LogP contribution in [-0.4, -0.2) is 43.5 Å². The molecular formula is C12H23NO5S. The maximum atomic E-state index is 12.0. The van der Waals surface area contributed by atoms with Crippen LogP contribution in [0.3, 0.4) is 0 Å². The molecule has 0 spiro atoms. The molecule has 1 unspecified atom stereocenters. The Labute approximate surface area is 115 Å². The molecule has 0 aliphatic carbocycles. The van der Waals surface area contributed by atoms with E-state index in [2.05, 4.69) is 0 Å². The number of likely N-dealkylation sites (tertiary alicyclic amines) is 1. The Morgan fingerprint density at radius 1 is 1.32 bits per heavy atom. The second-order valence-corrected chi connectivity index (χ2v) is 7.45. The van der Waals surface area contributed by atoms with Crippen molar-refractivity contribution in [2.45, 2.75) is 58.8 Å². The number of ether oxygens (including phenoxy) is 1. The van der Waals surface area contributed by atoms with Crippen LogP contribution in [0.25, 0.3) is 0 Å². The first-order valence-electron chi connectivity index (χ1n) is 6.55. The molecule has 112 valence electrons. The van der Waals surface area contributed by atoms with Gasteiger partial charge in [0.25, 0.3) is 10.1 Å². The van der Waals surface area contributed by atoms with Gasteiger partial charge in [0.1, 0.15) is 5.60 Å². The summed E-state index contributed by atoms with van der Waals surface area (Å²) in [5.74, 6) is -0.105. The number of carbonyl (C=O) groups is 1. The van der Waals surface area contributed by atoms with E-state index < -0.39 is 28.0 Å². The van der Waals surface area contributed by atoms with E-state index in [0.29, 0.717) is 13.0 Å². The highest BCUT2D eigenvalue weighted by Gasteiger charge is 2.33. The molecule has 0 saturated carbocycles. The fourth-order valence-electron chi connectivity index (χ4n) is 1.77. The number of rotatable bonds is 3. The van der Waals surface area contributed by atoms with Crippen LogP contribution >= 0.6 is 0 Å². The quantitative estimate of drug-likeness (QED) is 0.745. The maximum absolute atomic E-state index is 12.0. The van der Waals surface area contributed by atoms with Crippen molar-refractivity contribution in [3.63, 3.8) is 0 Å². The molecule has 1 atom stereocenters. The number of amides is 1. The van der Waals surface area contributed by atoms with Gasteiger partial charge in [-0.05, 0) is 47.0 Å². The van der Waals surface area contributed by atoms with Gasteiger partial charge in [0, 0.05) is 6.54 Å². The molecule has 0 radical (unpaired) electrons. The van der Waals surface area contributed by atoms with Gasteiger partial charge in [-0.15, -0.1) is 0 Å². The fourth-order valence-corrected chi connectivity index (χ4v) is 2.44. The van der Waals surface area contributed by atoms with E-state index in [1.54, 1.807) is 20.8 Å². The van der Waals surface area contributed by atoms with Crippen LogP contribution in [0, 0.1) is 0 Å². The smallest absolute Gasteiger partial charge is 0.412 e. The lowest BCUT2D eigenvalue weighted by atomic mass is 10.1. The van der Waals surface area contributed by atoms with Crippen molar-refractivity contribution in [2.75, 3.05) is 12.3 Å². The van der Waals surface area contributed by atoms with Crippen molar-refractivity contribution in [2.24, 2.45) is 0 Å². The molecule has 0 aromatic heterocycles. The summed E-state index contributed by atoms with van der Waals surface area (Å²) in [6, 6.07) is 0. The summed E-state index contributed by atoms with van der Waals surface area (Å²) in [7, 11) is -3.58. The highest BCUT2D eigenvalue weighted by molar-refractivity contribution is 7.86. The summed E-state index contributed by atoms with van der Waals surface area (Å²) in [5, 5.41) is 0. The Morgan fingerprint density at radius 2 is 1.95 bits per heavy atom.